The molecule has 0 aliphatic heterocycles. The minimum absolute atomic E-state index is 0.000380. The molecule has 0 saturated heterocycles. The second-order valence-corrected chi connectivity index (χ2v) is 34.7. The van der Waals surface area contributed by atoms with Crippen molar-refractivity contribution in [3.05, 3.63) is 0 Å². The summed E-state index contributed by atoms with van der Waals surface area (Å²) >= 11 is 7.60. The molecular formula is C81H149N5O20S5. The molecule has 2 N–H and O–H groups in total. The molecule has 0 bridgehead atoms. The average molecular weight is 1670 g/mol. The van der Waals surface area contributed by atoms with Crippen LogP contribution in [0.2, 0.25) is 0 Å². The molecule has 0 amide bonds. The van der Waals surface area contributed by atoms with E-state index in [0.29, 0.717) is 58.9 Å². The number of carbonyl (C=O) groups excluding carboxylic acids is 10. The van der Waals surface area contributed by atoms with Gasteiger partial charge in [-0.15, -0.1) is 47.0 Å². The van der Waals surface area contributed by atoms with Crippen LogP contribution in [0, 0.1) is 0 Å². The van der Waals surface area contributed by atoms with Gasteiger partial charge < -0.3 is 72.7 Å². The Hall–Kier alpha value is -3.75. The van der Waals surface area contributed by atoms with E-state index in [4.69, 9.17) is 47.4 Å². The van der Waals surface area contributed by atoms with Crippen molar-refractivity contribution < 1.29 is 95.3 Å². The van der Waals surface area contributed by atoms with E-state index in [0.717, 1.165) is 74.4 Å². The molecule has 5 atom stereocenters. The lowest BCUT2D eigenvalue weighted by molar-refractivity contribution is -0.152. The summed E-state index contributed by atoms with van der Waals surface area (Å²) < 4.78 is 54.2. The van der Waals surface area contributed by atoms with Crippen molar-refractivity contribution in [1.29, 1.82) is 0 Å². The fraction of sp³-hybridized carbons (Fsp3) is 0.877. The van der Waals surface area contributed by atoms with Crippen molar-refractivity contribution in [3.8, 4) is 0 Å². The molecule has 0 radical (unpaired) electrons. The van der Waals surface area contributed by atoms with Crippen molar-refractivity contribution in [1.82, 2.24) is 25.3 Å². The third kappa shape index (κ3) is 68.1. The van der Waals surface area contributed by atoms with Crippen LogP contribution in [-0.4, -0.2) is 281 Å². The minimum atomic E-state index is -0.499. The second-order valence-electron chi connectivity index (χ2n) is 27.7. The summed E-state index contributed by atoms with van der Waals surface area (Å²) in [7, 11) is 0. The van der Waals surface area contributed by atoms with Crippen molar-refractivity contribution in [2.45, 2.75) is 275 Å². The Balaban J connectivity index is 6.07. The zero-order valence-corrected chi connectivity index (χ0v) is 74.1. The quantitative estimate of drug-likeness (QED) is 0.0325. The van der Waals surface area contributed by atoms with E-state index in [2.05, 4.69) is 43.2 Å². The van der Waals surface area contributed by atoms with Crippen LogP contribution < -0.4 is 10.6 Å². The number of esters is 10. The van der Waals surface area contributed by atoms with Crippen LogP contribution >= 0.6 is 58.8 Å². The second kappa shape index (κ2) is 77.5. The first kappa shape index (κ1) is 107. The van der Waals surface area contributed by atoms with Gasteiger partial charge in [0.2, 0.25) is 0 Å². The largest absolute Gasteiger partial charge is 0.462 e. The molecule has 0 aromatic carbocycles. The van der Waals surface area contributed by atoms with E-state index < -0.39 is 35.8 Å². The van der Waals surface area contributed by atoms with E-state index in [-0.39, 0.29) is 174 Å². The topological polar surface area (TPSA) is 297 Å². The first-order chi connectivity index (χ1) is 53.7. The van der Waals surface area contributed by atoms with Crippen LogP contribution in [0.1, 0.15) is 249 Å². The maximum atomic E-state index is 13.2. The van der Waals surface area contributed by atoms with Gasteiger partial charge in [-0.25, -0.2) is 0 Å². The molecule has 648 valence electrons. The maximum Gasteiger partial charge on any atom is 0.318 e. The Labute approximate surface area is 690 Å². The summed E-state index contributed by atoms with van der Waals surface area (Å²) in [4.78, 5) is 134. The molecule has 111 heavy (non-hydrogen) atoms. The minimum Gasteiger partial charge on any atom is -0.462 e. The number of nitrogens with one attached hydrogen (secondary N) is 2. The summed E-state index contributed by atoms with van der Waals surface area (Å²) in [5.74, 6) is -0.739. The zero-order valence-electron chi connectivity index (χ0n) is 70.0. The van der Waals surface area contributed by atoms with Gasteiger partial charge in [0.05, 0.1) is 58.4 Å². The third-order valence-electron chi connectivity index (χ3n) is 18.0. The first-order valence-electron chi connectivity index (χ1n) is 41.9. The zero-order chi connectivity index (χ0) is 82.0. The molecule has 0 spiro atoms. The Morgan fingerprint density at radius 3 is 0.640 bits per heavy atom. The van der Waals surface area contributed by atoms with Crippen LogP contribution in [0.25, 0.3) is 0 Å². The highest BCUT2D eigenvalue weighted by Gasteiger charge is 2.22. The number of nitrogens with zero attached hydrogens (tertiary/aromatic N) is 3. The van der Waals surface area contributed by atoms with Crippen LogP contribution in [0.5, 0.6) is 0 Å². The van der Waals surface area contributed by atoms with Crippen molar-refractivity contribution in [2.24, 2.45) is 0 Å². The van der Waals surface area contributed by atoms with Gasteiger partial charge in [0.25, 0.3) is 0 Å². The molecule has 0 saturated carbocycles. The van der Waals surface area contributed by atoms with Gasteiger partial charge >= 0.3 is 59.7 Å². The standard InChI is InChI=1S/C81H149N5O20S5/c1-11-15-19-23-27-31-63-108-68(6)78(93)103-59-54-98-73(88)36-45-84(44-35-72(87)97-53-58-102-77(92)67(5)107-10)49-40-82-42-51-86(48-39-76(91)101-57-62-106-81(96)71(9)111-66-34-30-26-22-18-14-4)52-43-83-41-50-85(46-37-74(89)99-55-60-104-79(94)69(7)109-64-32-28-24-20-16-12-2)47-38-75(90)100-56-61-105-80(95)70(8)110-65-33-29-25-21-17-13-3/h67-71,82-83H,11-66H2,1-10H3. The van der Waals surface area contributed by atoms with Crippen molar-refractivity contribution in [2.75, 3.05) is 180 Å². The highest BCUT2D eigenvalue weighted by Crippen LogP contribution is 2.21. The molecule has 5 unspecified atom stereocenters. The normalized spacial score (nSPS) is 12.8. The average Bonchev–Trinajstić information content (AvgIpc) is 0.983. The van der Waals surface area contributed by atoms with Crippen LogP contribution in [0.4, 0.5) is 0 Å². The third-order valence-corrected chi connectivity index (χ3v) is 23.8. The van der Waals surface area contributed by atoms with E-state index in [1.165, 1.54) is 114 Å². The highest BCUT2D eigenvalue weighted by molar-refractivity contribution is 8.01. The Kier molecular flexibility index (Phi) is 74.9. The van der Waals surface area contributed by atoms with Gasteiger partial charge in [0.15, 0.2) is 0 Å². The lowest BCUT2D eigenvalue weighted by Gasteiger charge is -2.25. The summed E-state index contributed by atoms with van der Waals surface area (Å²) in [6.07, 6.45) is 29.9. The van der Waals surface area contributed by atoms with Crippen LogP contribution in [0.3, 0.4) is 0 Å². The number of thioether (sulfide) groups is 5. The maximum absolute atomic E-state index is 13.2. The predicted molar refractivity (Wildman–Crippen MR) is 452 cm³/mol. The van der Waals surface area contributed by atoms with Gasteiger partial charge in [-0.05, 0) is 89.6 Å². The monoisotopic (exact) mass is 1670 g/mol. The molecule has 0 heterocycles. The van der Waals surface area contributed by atoms with Gasteiger partial charge in [-0.1, -0.05) is 156 Å². The van der Waals surface area contributed by atoms with Gasteiger partial charge in [0.1, 0.15) is 66.1 Å². The molecule has 0 aromatic rings. The van der Waals surface area contributed by atoms with E-state index >= 15 is 0 Å². The van der Waals surface area contributed by atoms with Gasteiger partial charge in [0, 0.05) is 85.1 Å². The Morgan fingerprint density at radius 1 is 0.252 bits per heavy atom. The molecule has 0 aliphatic carbocycles. The van der Waals surface area contributed by atoms with Gasteiger partial charge in [-0.2, -0.15) is 11.8 Å². The number of ether oxygens (including phenoxy) is 10. The van der Waals surface area contributed by atoms with E-state index in [1.54, 1.807) is 60.2 Å². The van der Waals surface area contributed by atoms with Gasteiger partial charge in [-0.3, -0.25) is 47.9 Å². The number of carbonyl (C=O) groups is 10. The fourth-order valence-corrected chi connectivity index (χ4v) is 14.8. The molecule has 0 aliphatic rings. The fourth-order valence-electron chi connectivity index (χ4n) is 10.8. The molecule has 0 fully saturated rings. The number of hydrogen-bond donors (Lipinski definition) is 2. The summed E-state index contributed by atoms with van der Waals surface area (Å²) in [6, 6.07) is 0. The number of unbranched alkanes of at least 4 members (excludes halogenated alkanes) is 20. The number of hydrogen-bond acceptors (Lipinski definition) is 30. The Bertz CT molecular complexity index is 2320. The molecule has 0 rings (SSSR count). The van der Waals surface area contributed by atoms with Crippen LogP contribution in [-0.2, 0) is 95.3 Å². The molecule has 25 nitrogen and oxygen atoms in total. The summed E-state index contributed by atoms with van der Waals surface area (Å²) in [5.41, 5.74) is 0. The molecular weight excluding hydrogens is 1520 g/mol. The first-order valence-corrected chi connectivity index (χ1v) is 47.4. The van der Waals surface area contributed by atoms with E-state index in [1.807, 2.05) is 37.5 Å². The van der Waals surface area contributed by atoms with Crippen LogP contribution in [0.15, 0.2) is 0 Å². The molecule has 0 aromatic heterocycles. The number of rotatable bonds is 80. The summed E-state index contributed by atoms with van der Waals surface area (Å²) in [5, 5.41) is 5.24. The van der Waals surface area contributed by atoms with Crippen molar-refractivity contribution in [3.63, 3.8) is 0 Å². The smallest absolute Gasteiger partial charge is 0.318 e. The Morgan fingerprint density at radius 2 is 0.432 bits per heavy atom. The molecule has 30 heteroatoms. The SMILES string of the molecule is CCCCCCCCSC(C)C(=O)OCCOC(=O)CCN(CCNCCN(CCC(=O)OCCOC(=O)C(C)SC)CCC(=O)OCCOC(=O)C(C)SCCCCCCCC)CCNCCN(CCC(=O)OCCOC(=O)C(C)SCCCCCCCC)CCC(=O)OCCOC(=O)C(C)SCCCCCCCC. The van der Waals surface area contributed by atoms with E-state index in [9.17, 15) is 47.9 Å². The predicted octanol–water partition coefficient (Wildman–Crippen LogP) is 13.1. The lowest BCUT2D eigenvalue weighted by Crippen LogP contribution is -2.41. The highest BCUT2D eigenvalue weighted by atomic mass is 32.2. The van der Waals surface area contributed by atoms with Crippen molar-refractivity contribution >= 4 is 119 Å². The summed E-state index contributed by atoms with van der Waals surface area (Å²) in [6.45, 7) is 22.1. The lowest BCUT2D eigenvalue weighted by atomic mass is 10.1.